The zero-order valence-corrected chi connectivity index (χ0v) is 18.1. The number of nitro groups is 1. The number of nitrogens with zero attached hydrogens (tertiary/aromatic N) is 3. The first-order valence-electron chi connectivity index (χ1n) is 9.08. The predicted octanol–water partition coefficient (Wildman–Crippen LogP) is 3.23. The van der Waals surface area contributed by atoms with Crippen LogP contribution in [0.15, 0.2) is 53.6 Å². The van der Waals surface area contributed by atoms with Gasteiger partial charge in [-0.05, 0) is 30.3 Å². The number of aromatic hydroxyl groups is 1. The van der Waals surface area contributed by atoms with E-state index in [1.807, 2.05) is 0 Å². The lowest BCUT2D eigenvalue weighted by Crippen LogP contribution is -2.15. The second-order valence-electron chi connectivity index (χ2n) is 6.42. The third-order valence-electron chi connectivity index (χ3n) is 4.31. The number of non-ortho nitro benzene ring substituents is 1. The zero-order chi connectivity index (χ0) is 23.5. The minimum atomic E-state index is -3.53. The fraction of sp³-hybridized carbons (Fsp3) is 0.158. The van der Waals surface area contributed by atoms with Gasteiger partial charge in [0.15, 0.2) is 22.3 Å². The highest BCUT2D eigenvalue weighted by Crippen LogP contribution is 2.29. The molecule has 0 fully saturated rings. The number of nitrogens with one attached hydrogen (secondary N) is 1. The molecular weight excluding hydrogens is 464 g/mol. The molecule has 2 N–H and O–H groups in total. The number of aromatic nitrogens is 2. The molecule has 1 heterocycles. The zero-order valence-electron chi connectivity index (χ0n) is 16.6. The van der Waals surface area contributed by atoms with Crippen LogP contribution in [0, 0.1) is 10.1 Å². The smallest absolute Gasteiger partial charge is 0.276 e. The van der Waals surface area contributed by atoms with Crippen LogP contribution in [0.25, 0.3) is 0 Å². The van der Waals surface area contributed by atoms with Gasteiger partial charge in [-0.15, -0.1) is 0 Å². The molecule has 11 nitrogen and oxygen atoms in total. The van der Waals surface area contributed by atoms with Gasteiger partial charge >= 0.3 is 0 Å². The van der Waals surface area contributed by atoms with Gasteiger partial charge < -0.3 is 15.2 Å². The fourth-order valence-electron chi connectivity index (χ4n) is 2.57. The molecule has 168 valence electrons. The van der Waals surface area contributed by atoms with Gasteiger partial charge in [0.2, 0.25) is 0 Å². The van der Waals surface area contributed by atoms with E-state index < -0.39 is 20.7 Å². The summed E-state index contributed by atoms with van der Waals surface area (Å²) in [6.07, 6.45) is 1.45. The van der Waals surface area contributed by atoms with Gasteiger partial charge in [-0.2, -0.15) is 5.10 Å². The van der Waals surface area contributed by atoms with Crippen molar-refractivity contribution in [1.29, 1.82) is 0 Å². The van der Waals surface area contributed by atoms with Crippen molar-refractivity contribution in [3.8, 4) is 11.5 Å². The monoisotopic (exact) mass is 480 g/mol. The summed E-state index contributed by atoms with van der Waals surface area (Å²) in [7, 11) is -3.53. The number of benzene rings is 2. The number of sulfone groups is 1. The lowest BCUT2D eigenvalue weighted by Gasteiger charge is -2.09. The SMILES string of the molecule is CCS(=O)(=O)c1ccc(O)c(NC(=O)c2ccn(COc3ccc([N+](=O)[O-])cc3Cl)n2)c1. The highest BCUT2D eigenvalue weighted by molar-refractivity contribution is 7.91. The number of rotatable bonds is 8. The first kappa shape index (κ1) is 23.0. The maximum absolute atomic E-state index is 12.5. The van der Waals surface area contributed by atoms with Gasteiger partial charge in [-0.3, -0.25) is 14.9 Å². The van der Waals surface area contributed by atoms with Gasteiger partial charge in [0, 0.05) is 18.3 Å². The quantitative estimate of drug-likeness (QED) is 0.283. The first-order valence-corrected chi connectivity index (χ1v) is 11.1. The number of hydrogen-bond donors (Lipinski definition) is 2. The summed E-state index contributed by atoms with van der Waals surface area (Å²) in [5.41, 5.74) is -0.279. The number of amides is 1. The van der Waals surface area contributed by atoms with Crippen molar-refractivity contribution >= 4 is 38.7 Å². The number of hydrogen-bond acceptors (Lipinski definition) is 8. The molecule has 0 aliphatic heterocycles. The third kappa shape index (κ3) is 5.15. The summed E-state index contributed by atoms with van der Waals surface area (Å²) in [6, 6.07) is 8.72. The minimum absolute atomic E-state index is 0.0217. The molecule has 0 unspecified atom stereocenters. The van der Waals surface area contributed by atoms with Gasteiger partial charge in [-0.1, -0.05) is 18.5 Å². The standard InChI is InChI=1S/C19H17ClN4O7S/c1-2-32(29,30)13-4-5-17(25)16(10-13)21-19(26)15-7-8-23(22-15)11-31-18-6-3-12(24(27)28)9-14(18)20/h3-10,25H,2,11H2,1H3,(H,21,26). The molecule has 32 heavy (non-hydrogen) atoms. The second kappa shape index (κ2) is 9.24. The van der Waals surface area contributed by atoms with E-state index in [9.17, 15) is 28.4 Å². The van der Waals surface area contributed by atoms with Crippen molar-refractivity contribution in [3.63, 3.8) is 0 Å². The Labute approximate surface area is 187 Å². The normalized spacial score (nSPS) is 11.2. The molecule has 1 aromatic heterocycles. The highest BCUT2D eigenvalue weighted by Gasteiger charge is 2.17. The Morgan fingerprint density at radius 3 is 2.69 bits per heavy atom. The molecule has 0 saturated carbocycles. The van der Waals surface area contributed by atoms with Crippen LogP contribution in [0.3, 0.4) is 0 Å². The van der Waals surface area contributed by atoms with E-state index in [0.29, 0.717) is 0 Å². The van der Waals surface area contributed by atoms with Crippen LogP contribution in [-0.2, 0) is 16.6 Å². The number of nitro benzene ring substituents is 1. The van der Waals surface area contributed by atoms with E-state index in [1.165, 1.54) is 54.2 Å². The highest BCUT2D eigenvalue weighted by atomic mass is 35.5. The largest absolute Gasteiger partial charge is 0.506 e. The molecule has 0 radical (unpaired) electrons. The number of phenols is 1. The van der Waals surface area contributed by atoms with Gasteiger partial charge in [0.1, 0.15) is 11.5 Å². The summed E-state index contributed by atoms with van der Waals surface area (Å²) in [4.78, 5) is 22.6. The minimum Gasteiger partial charge on any atom is -0.506 e. The average molecular weight is 481 g/mol. The van der Waals surface area contributed by atoms with E-state index in [4.69, 9.17) is 16.3 Å². The molecule has 3 rings (SSSR count). The molecule has 0 atom stereocenters. The number of ether oxygens (including phenoxy) is 1. The van der Waals surface area contributed by atoms with Crippen molar-refractivity contribution in [2.75, 3.05) is 11.1 Å². The van der Waals surface area contributed by atoms with Gasteiger partial charge in [-0.25, -0.2) is 13.1 Å². The van der Waals surface area contributed by atoms with Crippen molar-refractivity contribution in [2.45, 2.75) is 18.6 Å². The second-order valence-corrected chi connectivity index (χ2v) is 9.11. The van der Waals surface area contributed by atoms with Crippen LogP contribution in [0.2, 0.25) is 5.02 Å². The van der Waals surface area contributed by atoms with Crippen LogP contribution in [0.5, 0.6) is 11.5 Å². The van der Waals surface area contributed by atoms with Crippen molar-refractivity contribution in [2.24, 2.45) is 0 Å². The third-order valence-corrected chi connectivity index (χ3v) is 6.33. The molecule has 0 saturated heterocycles. The Morgan fingerprint density at radius 2 is 2.03 bits per heavy atom. The molecular formula is C19H17ClN4O7S. The van der Waals surface area contributed by atoms with Crippen LogP contribution in [0.4, 0.5) is 11.4 Å². The Balaban J connectivity index is 1.69. The average Bonchev–Trinajstić information content (AvgIpc) is 3.23. The lowest BCUT2D eigenvalue weighted by molar-refractivity contribution is -0.384. The first-order chi connectivity index (χ1) is 15.1. The predicted molar refractivity (Wildman–Crippen MR) is 115 cm³/mol. The number of anilines is 1. The number of carbonyl (C=O) groups is 1. The van der Waals surface area contributed by atoms with E-state index >= 15 is 0 Å². The molecule has 3 aromatic rings. The summed E-state index contributed by atoms with van der Waals surface area (Å²) < 4.78 is 30.8. The van der Waals surface area contributed by atoms with Crippen LogP contribution < -0.4 is 10.1 Å². The molecule has 1 amide bonds. The maximum Gasteiger partial charge on any atom is 0.276 e. The Hall–Kier alpha value is -3.64. The van der Waals surface area contributed by atoms with Gasteiger partial charge in [0.05, 0.1) is 26.3 Å². The Bertz CT molecular complexity index is 1290. The van der Waals surface area contributed by atoms with E-state index in [2.05, 4.69) is 10.4 Å². The van der Waals surface area contributed by atoms with Crippen LogP contribution in [0.1, 0.15) is 17.4 Å². The summed E-state index contributed by atoms with van der Waals surface area (Å²) >= 11 is 5.97. The topological polar surface area (TPSA) is 154 Å². The Kier molecular flexibility index (Phi) is 6.65. The molecule has 13 heteroatoms. The van der Waals surface area contributed by atoms with Crippen LogP contribution in [-0.4, -0.2) is 39.9 Å². The van der Waals surface area contributed by atoms with E-state index in [1.54, 1.807) is 0 Å². The van der Waals surface area contributed by atoms with Gasteiger partial charge in [0.25, 0.3) is 11.6 Å². The van der Waals surface area contributed by atoms with Crippen molar-refractivity contribution in [3.05, 3.63) is 69.5 Å². The summed E-state index contributed by atoms with van der Waals surface area (Å²) in [5.74, 6) is -0.922. The molecule has 0 bridgehead atoms. The summed E-state index contributed by atoms with van der Waals surface area (Å²) in [5, 5.41) is 27.2. The van der Waals surface area contributed by atoms with Crippen LogP contribution >= 0.6 is 11.6 Å². The van der Waals surface area contributed by atoms with E-state index in [0.717, 1.165) is 6.07 Å². The maximum atomic E-state index is 12.5. The van der Waals surface area contributed by atoms with E-state index in [-0.39, 0.29) is 51.0 Å². The molecule has 0 aliphatic carbocycles. The number of phenolic OH excluding ortho intramolecular Hbond substituents is 1. The number of halogens is 1. The van der Waals surface area contributed by atoms with Crippen molar-refractivity contribution in [1.82, 2.24) is 9.78 Å². The number of carbonyl (C=O) groups excluding carboxylic acids is 1. The molecule has 2 aromatic carbocycles. The lowest BCUT2D eigenvalue weighted by atomic mass is 10.3. The van der Waals surface area contributed by atoms with Crippen molar-refractivity contribution < 1.29 is 28.0 Å². The molecule has 0 aliphatic rings. The fourth-order valence-corrected chi connectivity index (χ4v) is 3.71. The molecule has 0 spiro atoms. The summed E-state index contributed by atoms with van der Waals surface area (Å²) in [6.45, 7) is 1.35. The Morgan fingerprint density at radius 1 is 1.28 bits per heavy atom.